The van der Waals surface area contributed by atoms with Gasteiger partial charge in [0.15, 0.2) is 0 Å². The van der Waals surface area contributed by atoms with Crippen molar-refractivity contribution in [2.24, 2.45) is 0 Å². The van der Waals surface area contributed by atoms with Crippen LogP contribution >= 0.6 is 0 Å². The predicted molar refractivity (Wildman–Crippen MR) is 263 cm³/mol. The Labute approximate surface area is 365 Å². The van der Waals surface area contributed by atoms with Crippen molar-refractivity contribution in [3.05, 3.63) is 235 Å². The summed E-state index contributed by atoms with van der Waals surface area (Å²) in [6.07, 6.45) is 4.32. The number of hydrogen-bond donors (Lipinski definition) is 0. The van der Waals surface area contributed by atoms with Gasteiger partial charge in [0.1, 0.15) is 0 Å². The molecule has 3 heterocycles. The third-order valence-corrected chi connectivity index (χ3v) is 13.2. The Balaban J connectivity index is 0.974. The Hall–Kier alpha value is -8.32. The minimum Gasteiger partial charge on any atom is -0.312 e. The lowest BCUT2D eigenvalue weighted by molar-refractivity contribution is 0.899. The highest BCUT2D eigenvalue weighted by molar-refractivity contribution is 6.13. The average Bonchev–Trinajstić information content (AvgIpc) is 3.99. The molecule has 0 atom stereocenters. The third kappa shape index (κ3) is 5.48. The zero-order valence-electron chi connectivity index (χ0n) is 34.5. The maximum absolute atomic E-state index is 3.43. The summed E-state index contributed by atoms with van der Waals surface area (Å²) in [5, 5.41) is 6.29. The van der Waals surface area contributed by atoms with E-state index in [2.05, 4.69) is 232 Å². The van der Waals surface area contributed by atoms with E-state index in [-0.39, 0.29) is 0 Å². The van der Waals surface area contributed by atoms with Crippen LogP contribution in [0.15, 0.2) is 206 Å². The molecular formula is C60H39N3. The molecule has 0 saturated carbocycles. The Morgan fingerprint density at radius 2 is 0.984 bits per heavy atom. The van der Waals surface area contributed by atoms with Crippen molar-refractivity contribution >= 4 is 66.2 Å². The number of rotatable bonds is 6. The van der Waals surface area contributed by atoms with Gasteiger partial charge in [-0.1, -0.05) is 146 Å². The molecule has 1 aliphatic rings. The van der Waals surface area contributed by atoms with E-state index in [1.54, 1.807) is 0 Å². The molecule has 12 aromatic rings. The summed E-state index contributed by atoms with van der Waals surface area (Å²) in [5.41, 5.74) is 19.4. The van der Waals surface area contributed by atoms with E-state index in [0.29, 0.717) is 0 Å². The molecule has 0 fully saturated rings. The molecular weight excluding hydrogens is 763 g/mol. The summed E-state index contributed by atoms with van der Waals surface area (Å²) >= 11 is 0. The van der Waals surface area contributed by atoms with Gasteiger partial charge in [-0.3, -0.25) is 0 Å². The molecule has 3 heteroatoms. The smallest absolute Gasteiger partial charge is 0.0622 e. The molecule has 0 spiro atoms. The SMILES string of the molecule is c1cccc(-c2cccc(-c3ccccc3)c2-n2c3c(c4ccccc42)C=C(c2ccc4c(c2)c2ccccc2n4-c2ccc4c(c2)c2ccccc2n4-c2ccccc2)CC3)c#1. The zero-order valence-corrected chi connectivity index (χ0v) is 34.5. The van der Waals surface area contributed by atoms with Crippen molar-refractivity contribution in [3.8, 4) is 39.3 Å². The first kappa shape index (κ1) is 35.4. The fourth-order valence-electron chi connectivity index (χ4n) is 10.5. The van der Waals surface area contributed by atoms with E-state index in [9.17, 15) is 0 Å². The summed E-state index contributed by atoms with van der Waals surface area (Å²) in [4.78, 5) is 0. The predicted octanol–water partition coefficient (Wildman–Crippen LogP) is 15.2. The lowest BCUT2D eigenvalue weighted by Gasteiger charge is -2.22. The first-order chi connectivity index (χ1) is 31.3. The fourth-order valence-corrected chi connectivity index (χ4v) is 10.5. The van der Waals surface area contributed by atoms with Crippen LogP contribution in [0.1, 0.15) is 23.2 Å². The van der Waals surface area contributed by atoms with E-state index in [0.717, 1.165) is 29.7 Å². The topological polar surface area (TPSA) is 14.8 Å². The van der Waals surface area contributed by atoms with Crippen molar-refractivity contribution in [2.75, 3.05) is 0 Å². The van der Waals surface area contributed by atoms with Crippen LogP contribution in [0.2, 0.25) is 0 Å². The summed E-state index contributed by atoms with van der Waals surface area (Å²) in [5.74, 6) is 0. The highest BCUT2D eigenvalue weighted by Crippen LogP contribution is 2.45. The minimum absolute atomic E-state index is 0.916. The van der Waals surface area contributed by atoms with Crippen LogP contribution in [0.25, 0.3) is 105 Å². The first-order valence-corrected chi connectivity index (χ1v) is 21.8. The number of hydrogen-bond acceptors (Lipinski definition) is 0. The van der Waals surface area contributed by atoms with Crippen molar-refractivity contribution in [2.45, 2.75) is 12.8 Å². The summed E-state index contributed by atoms with van der Waals surface area (Å²) in [7, 11) is 0. The summed E-state index contributed by atoms with van der Waals surface area (Å²) in [6.45, 7) is 0. The summed E-state index contributed by atoms with van der Waals surface area (Å²) in [6, 6.07) is 81.6. The van der Waals surface area contributed by atoms with E-state index in [4.69, 9.17) is 0 Å². The van der Waals surface area contributed by atoms with Gasteiger partial charge >= 0.3 is 0 Å². The first-order valence-electron chi connectivity index (χ1n) is 21.8. The fraction of sp³-hybridized carbons (Fsp3) is 0.0333. The quantitative estimate of drug-likeness (QED) is 0.159. The molecule has 13 rings (SSSR count). The largest absolute Gasteiger partial charge is 0.312 e. The van der Waals surface area contributed by atoms with Gasteiger partial charge in [0, 0.05) is 66.3 Å². The molecule has 0 aliphatic heterocycles. The van der Waals surface area contributed by atoms with Gasteiger partial charge in [-0.25, -0.2) is 0 Å². The number of fused-ring (bicyclic) bond motifs is 9. The van der Waals surface area contributed by atoms with Crippen molar-refractivity contribution in [3.63, 3.8) is 0 Å². The maximum Gasteiger partial charge on any atom is 0.0622 e. The van der Waals surface area contributed by atoms with Gasteiger partial charge in [-0.05, 0) is 108 Å². The van der Waals surface area contributed by atoms with Crippen LogP contribution in [0.5, 0.6) is 0 Å². The van der Waals surface area contributed by atoms with Crippen molar-refractivity contribution in [1.29, 1.82) is 0 Å². The maximum atomic E-state index is 3.43. The van der Waals surface area contributed by atoms with Crippen LogP contribution in [0.3, 0.4) is 0 Å². The highest BCUT2D eigenvalue weighted by atomic mass is 15.0. The van der Waals surface area contributed by atoms with E-state index < -0.39 is 0 Å². The molecule has 63 heavy (non-hydrogen) atoms. The van der Waals surface area contributed by atoms with Gasteiger partial charge in [0.25, 0.3) is 0 Å². The van der Waals surface area contributed by atoms with E-state index in [1.807, 2.05) is 6.07 Å². The second-order valence-corrected chi connectivity index (χ2v) is 16.6. The molecule has 0 N–H and O–H groups in total. The van der Waals surface area contributed by atoms with Gasteiger partial charge in [0.05, 0.1) is 33.3 Å². The van der Waals surface area contributed by atoms with E-state index in [1.165, 1.54) is 99.4 Å². The van der Waals surface area contributed by atoms with Gasteiger partial charge in [-0.2, -0.15) is 0 Å². The highest BCUT2D eigenvalue weighted by Gasteiger charge is 2.26. The Morgan fingerprint density at radius 3 is 1.71 bits per heavy atom. The number of para-hydroxylation sites is 5. The Morgan fingerprint density at radius 1 is 0.381 bits per heavy atom. The van der Waals surface area contributed by atoms with Crippen LogP contribution < -0.4 is 0 Å². The molecule has 0 amide bonds. The molecule has 0 bridgehead atoms. The van der Waals surface area contributed by atoms with Crippen LogP contribution in [-0.4, -0.2) is 13.7 Å². The molecule has 1 aliphatic carbocycles. The van der Waals surface area contributed by atoms with Crippen molar-refractivity contribution in [1.82, 2.24) is 13.7 Å². The van der Waals surface area contributed by atoms with Crippen LogP contribution in [0.4, 0.5) is 0 Å². The molecule has 0 saturated heterocycles. The Bertz CT molecular complexity index is 3710. The monoisotopic (exact) mass is 801 g/mol. The van der Waals surface area contributed by atoms with Gasteiger partial charge in [-0.15, -0.1) is 0 Å². The molecule has 294 valence electrons. The van der Waals surface area contributed by atoms with Crippen LogP contribution in [-0.2, 0) is 6.42 Å². The van der Waals surface area contributed by atoms with Crippen molar-refractivity contribution < 1.29 is 0 Å². The minimum atomic E-state index is 0.916. The zero-order chi connectivity index (χ0) is 41.4. The van der Waals surface area contributed by atoms with Gasteiger partial charge < -0.3 is 13.7 Å². The molecule has 3 nitrogen and oxygen atoms in total. The summed E-state index contributed by atoms with van der Waals surface area (Å²) < 4.78 is 7.38. The normalized spacial score (nSPS) is 12.6. The lowest BCUT2D eigenvalue weighted by Crippen LogP contribution is -2.08. The second kappa shape index (κ2) is 14.1. The van der Waals surface area contributed by atoms with Crippen LogP contribution in [0, 0.1) is 12.1 Å². The third-order valence-electron chi connectivity index (χ3n) is 13.2. The molecule has 3 aromatic heterocycles. The number of nitrogens with zero attached hydrogens (tertiary/aromatic N) is 3. The average molecular weight is 802 g/mol. The number of benzene rings is 8. The number of aromatic nitrogens is 3. The molecule has 0 unspecified atom stereocenters. The van der Waals surface area contributed by atoms with E-state index >= 15 is 0 Å². The lowest BCUT2D eigenvalue weighted by atomic mass is 9.90. The molecule has 0 radical (unpaired) electrons. The van der Waals surface area contributed by atoms with Gasteiger partial charge in [0.2, 0.25) is 0 Å². The Kier molecular flexibility index (Phi) is 7.95. The standard InChI is InChI=1S/C60H39N3/c1-4-17-40(18-5-1)46-26-16-27-47(41-19-6-2-7-20-41)60(46)63-56-30-15-12-24-49(56)52-38-43(32-35-59(52)63)42-31-34-57-51(37-42)48-23-10-14-29-55(48)62(57)45-33-36-58-53(39-45)50-25-11-13-28-54(50)61(58)44-21-8-3-9-22-44/h1-6,8-19,21-31,33-34,36-39H,32,35H2. The second-order valence-electron chi connectivity index (χ2n) is 16.6. The molecule has 9 aromatic carbocycles. The number of allylic oxidation sites excluding steroid dienone is 1.